The summed E-state index contributed by atoms with van der Waals surface area (Å²) in [7, 11) is 0. The zero-order valence-corrected chi connectivity index (χ0v) is 21.2. The lowest BCUT2D eigenvalue weighted by Crippen LogP contribution is -2.35. The highest BCUT2D eigenvalue weighted by molar-refractivity contribution is 7.15. The second kappa shape index (κ2) is 10.2. The molecule has 0 radical (unpaired) electrons. The first kappa shape index (κ1) is 23.5. The number of aryl methyl sites for hydroxylation is 1. The molecule has 2 aromatic carbocycles. The fourth-order valence-corrected chi connectivity index (χ4v) is 5.73. The minimum Gasteiger partial charge on any atom is -0.313 e. The lowest BCUT2D eigenvalue weighted by molar-refractivity contribution is 0.102. The maximum absolute atomic E-state index is 13.0. The second-order valence-corrected chi connectivity index (χ2v) is 10.9. The van der Waals surface area contributed by atoms with E-state index in [2.05, 4.69) is 27.0 Å². The van der Waals surface area contributed by atoms with Crippen molar-refractivity contribution in [1.29, 1.82) is 5.26 Å². The summed E-state index contributed by atoms with van der Waals surface area (Å²) in [4.78, 5) is 19.0. The largest absolute Gasteiger partial charge is 0.313 e. The minimum atomic E-state index is -0.159. The Kier molecular flexibility index (Phi) is 6.51. The number of nitriles is 1. The summed E-state index contributed by atoms with van der Waals surface area (Å²) in [5, 5.41) is 24.8. The van der Waals surface area contributed by atoms with Gasteiger partial charge in [-0.05, 0) is 74.4 Å². The fraction of sp³-hybridized carbons (Fsp3) is 0.321. The standard InChI is InChI=1S/C28H27N7OS/c29-14-18-6-8-21(9-7-18)25-17-35(34-33-25)16-20-2-1-3-22(12-20)27(36)32-28-31-24-11-10-23(13-26(24)37-28)30-15-19-4-5-19/h1-3,6-9,12,17,19,23,30H,4-5,10-11,13,15-16H2,(H,31,32,36). The number of fused-ring (bicyclic) bond motifs is 1. The van der Waals surface area contributed by atoms with Crippen molar-refractivity contribution < 1.29 is 4.79 Å². The molecule has 2 heterocycles. The van der Waals surface area contributed by atoms with Gasteiger partial charge in [0.05, 0.1) is 30.1 Å². The van der Waals surface area contributed by atoms with Crippen LogP contribution in [-0.2, 0) is 19.4 Å². The number of rotatable bonds is 8. The minimum absolute atomic E-state index is 0.159. The average molecular weight is 510 g/mol. The summed E-state index contributed by atoms with van der Waals surface area (Å²) >= 11 is 1.60. The van der Waals surface area contributed by atoms with E-state index in [-0.39, 0.29) is 5.91 Å². The van der Waals surface area contributed by atoms with Crippen LogP contribution in [0, 0.1) is 17.2 Å². The molecule has 1 amide bonds. The molecule has 6 rings (SSSR count). The Labute approximate surface area is 219 Å². The van der Waals surface area contributed by atoms with Crippen LogP contribution in [0.15, 0.2) is 54.7 Å². The van der Waals surface area contributed by atoms with Gasteiger partial charge in [0, 0.05) is 22.0 Å². The van der Waals surface area contributed by atoms with Crippen LogP contribution in [0.5, 0.6) is 0 Å². The van der Waals surface area contributed by atoms with Crippen molar-refractivity contribution in [3.05, 3.63) is 82.0 Å². The van der Waals surface area contributed by atoms with E-state index < -0.39 is 0 Å². The Hall–Kier alpha value is -3.87. The van der Waals surface area contributed by atoms with Crippen LogP contribution >= 0.6 is 11.3 Å². The van der Waals surface area contributed by atoms with Crippen molar-refractivity contribution in [2.24, 2.45) is 5.92 Å². The topological polar surface area (TPSA) is 109 Å². The second-order valence-electron chi connectivity index (χ2n) is 9.83. The summed E-state index contributed by atoms with van der Waals surface area (Å²) in [6, 6.07) is 17.4. The molecule has 0 aliphatic heterocycles. The van der Waals surface area contributed by atoms with Crippen LogP contribution in [0.3, 0.4) is 0 Å². The molecule has 0 spiro atoms. The zero-order valence-electron chi connectivity index (χ0n) is 20.4. The van der Waals surface area contributed by atoms with Gasteiger partial charge in [0.2, 0.25) is 0 Å². The van der Waals surface area contributed by atoms with Gasteiger partial charge in [-0.3, -0.25) is 10.1 Å². The summed E-state index contributed by atoms with van der Waals surface area (Å²) in [6.07, 6.45) is 7.65. The molecule has 1 unspecified atom stereocenters. The summed E-state index contributed by atoms with van der Waals surface area (Å²) in [5.41, 5.74) is 4.90. The summed E-state index contributed by atoms with van der Waals surface area (Å²) in [5.74, 6) is 0.718. The van der Waals surface area contributed by atoms with E-state index >= 15 is 0 Å². The smallest absolute Gasteiger partial charge is 0.257 e. The van der Waals surface area contributed by atoms with E-state index in [0.717, 1.165) is 54.2 Å². The highest BCUT2D eigenvalue weighted by atomic mass is 32.1. The maximum atomic E-state index is 13.0. The molecular weight excluding hydrogens is 482 g/mol. The molecule has 2 N–H and O–H groups in total. The normalized spacial score (nSPS) is 16.7. The number of hydrogen-bond donors (Lipinski definition) is 2. The van der Waals surface area contributed by atoms with Crippen molar-refractivity contribution in [3.8, 4) is 17.3 Å². The Bertz CT molecular complexity index is 1460. The van der Waals surface area contributed by atoms with Crippen molar-refractivity contribution in [2.45, 2.75) is 44.7 Å². The molecule has 2 aliphatic rings. The van der Waals surface area contributed by atoms with Gasteiger partial charge in [-0.1, -0.05) is 29.5 Å². The molecule has 0 bridgehead atoms. The van der Waals surface area contributed by atoms with Crippen LogP contribution in [-0.4, -0.2) is 38.5 Å². The number of aromatic nitrogens is 4. The maximum Gasteiger partial charge on any atom is 0.257 e. The summed E-state index contributed by atoms with van der Waals surface area (Å²) < 4.78 is 1.74. The van der Waals surface area contributed by atoms with Crippen molar-refractivity contribution in [2.75, 3.05) is 11.9 Å². The van der Waals surface area contributed by atoms with Gasteiger partial charge >= 0.3 is 0 Å². The molecule has 186 valence electrons. The van der Waals surface area contributed by atoms with E-state index in [1.807, 2.05) is 42.6 Å². The van der Waals surface area contributed by atoms with Crippen molar-refractivity contribution >= 4 is 22.4 Å². The molecule has 9 heteroatoms. The van der Waals surface area contributed by atoms with E-state index in [4.69, 9.17) is 10.2 Å². The molecule has 37 heavy (non-hydrogen) atoms. The quantitative estimate of drug-likeness (QED) is 0.364. The molecule has 1 fully saturated rings. The zero-order chi connectivity index (χ0) is 25.2. The van der Waals surface area contributed by atoms with Crippen LogP contribution in [0.2, 0.25) is 0 Å². The molecule has 2 aromatic heterocycles. The third-order valence-electron chi connectivity index (χ3n) is 6.93. The summed E-state index contributed by atoms with van der Waals surface area (Å²) in [6.45, 7) is 1.62. The molecule has 0 saturated heterocycles. The monoisotopic (exact) mass is 509 g/mol. The SMILES string of the molecule is N#Cc1ccc(-c2cn(Cc3cccc(C(=O)Nc4nc5c(s4)CC(NCC4CC4)CC5)c3)nn2)cc1. The van der Waals surface area contributed by atoms with Gasteiger partial charge in [-0.25, -0.2) is 9.67 Å². The van der Waals surface area contributed by atoms with Crippen molar-refractivity contribution in [1.82, 2.24) is 25.3 Å². The third-order valence-corrected chi connectivity index (χ3v) is 7.97. The number of carbonyl (C=O) groups excluding carboxylic acids is 1. The van der Waals surface area contributed by atoms with Gasteiger partial charge < -0.3 is 5.32 Å². The molecule has 4 aromatic rings. The predicted octanol–water partition coefficient (Wildman–Crippen LogP) is 4.43. The Morgan fingerprint density at radius 2 is 2.03 bits per heavy atom. The van der Waals surface area contributed by atoms with Crippen LogP contribution < -0.4 is 10.6 Å². The molecule has 1 atom stereocenters. The Balaban J connectivity index is 1.08. The molecule has 1 saturated carbocycles. The lowest BCUT2D eigenvalue weighted by atomic mass is 9.97. The number of hydrogen-bond acceptors (Lipinski definition) is 7. The number of thiazole rings is 1. The first-order valence-corrected chi connectivity index (χ1v) is 13.5. The van der Waals surface area contributed by atoms with Gasteiger partial charge in [-0.2, -0.15) is 5.26 Å². The van der Waals surface area contributed by atoms with Gasteiger partial charge in [0.25, 0.3) is 5.91 Å². The van der Waals surface area contributed by atoms with E-state index in [1.54, 1.807) is 28.2 Å². The van der Waals surface area contributed by atoms with E-state index in [1.165, 1.54) is 17.7 Å². The first-order valence-electron chi connectivity index (χ1n) is 12.7. The van der Waals surface area contributed by atoms with Gasteiger partial charge in [-0.15, -0.1) is 16.4 Å². The predicted molar refractivity (Wildman–Crippen MR) is 142 cm³/mol. The number of benzene rings is 2. The number of carbonyl (C=O) groups is 1. The van der Waals surface area contributed by atoms with Crippen LogP contribution in [0.1, 0.15) is 51.3 Å². The fourth-order valence-electron chi connectivity index (χ4n) is 4.65. The Morgan fingerprint density at radius 1 is 1.16 bits per heavy atom. The van der Waals surface area contributed by atoms with E-state index in [9.17, 15) is 4.79 Å². The van der Waals surface area contributed by atoms with E-state index in [0.29, 0.717) is 28.8 Å². The molecular formula is C28H27N7OS. The van der Waals surface area contributed by atoms with Crippen molar-refractivity contribution in [3.63, 3.8) is 0 Å². The molecule has 8 nitrogen and oxygen atoms in total. The van der Waals surface area contributed by atoms with Gasteiger partial charge in [0.15, 0.2) is 5.13 Å². The lowest BCUT2D eigenvalue weighted by Gasteiger charge is -2.22. The Morgan fingerprint density at radius 3 is 2.84 bits per heavy atom. The highest BCUT2D eigenvalue weighted by Crippen LogP contribution is 2.32. The van der Waals surface area contributed by atoms with Crippen LogP contribution in [0.25, 0.3) is 11.3 Å². The van der Waals surface area contributed by atoms with Crippen LogP contribution in [0.4, 0.5) is 5.13 Å². The average Bonchev–Trinajstić information content (AvgIpc) is 3.50. The number of nitrogens with zero attached hydrogens (tertiary/aromatic N) is 5. The number of amides is 1. The number of anilines is 1. The first-order chi connectivity index (χ1) is 18.1. The highest BCUT2D eigenvalue weighted by Gasteiger charge is 2.26. The number of nitrogens with one attached hydrogen (secondary N) is 2. The molecule has 2 aliphatic carbocycles. The third kappa shape index (κ3) is 5.61. The van der Waals surface area contributed by atoms with Gasteiger partial charge in [0.1, 0.15) is 5.69 Å².